The van der Waals surface area contributed by atoms with Gasteiger partial charge in [0.2, 0.25) is 0 Å². The second-order valence-corrected chi connectivity index (χ2v) is 6.81. The van der Waals surface area contributed by atoms with Gasteiger partial charge in [0, 0.05) is 0 Å². The van der Waals surface area contributed by atoms with Crippen molar-refractivity contribution in [1.82, 2.24) is 9.38 Å². The van der Waals surface area contributed by atoms with Crippen molar-refractivity contribution in [2.75, 3.05) is 0 Å². The molecule has 24 heavy (non-hydrogen) atoms. The van der Waals surface area contributed by atoms with Crippen LogP contribution in [0.15, 0.2) is 41.2 Å². The summed E-state index contributed by atoms with van der Waals surface area (Å²) >= 11 is 1.38. The highest BCUT2D eigenvalue weighted by atomic mass is 32.1. The van der Waals surface area contributed by atoms with Crippen molar-refractivity contribution >= 4 is 33.4 Å². The molecule has 2 aromatic carbocycles. The SMILES string of the molecule is Cc1cc2nc3s/c(=C/c4ccc(C#N)cc4)c(=O)n3c2cc1C. The number of fused-ring (bicyclic) bond motifs is 3. The van der Waals surface area contributed by atoms with Crippen molar-refractivity contribution < 1.29 is 0 Å². The zero-order valence-electron chi connectivity index (χ0n) is 13.2. The Kier molecular flexibility index (Phi) is 3.22. The Morgan fingerprint density at radius 1 is 1.17 bits per heavy atom. The van der Waals surface area contributed by atoms with Crippen LogP contribution in [0.3, 0.4) is 0 Å². The summed E-state index contributed by atoms with van der Waals surface area (Å²) < 4.78 is 2.32. The molecule has 4 rings (SSSR count). The molecule has 0 aliphatic carbocycles. The van der Waals surface area contributed by atoms with Gasteiger partial charge in [0.15, 0.2) is 4.96 Å². The van der Waals surface area contributed by atoms with Crippen LogP contribution in [-0.2, 0) is 0 Å². The molecule has 0 N–H and O–H groups in total. The summed E-state index contributed by atoms with van der Waals surface area (Å²) in [6, 6.07) is 13.3. The van der Waals surface area contributed by atoms with E-state index in [0.717, 1.165) is 22.2 Å². The lowest BCUT2D eigenvalue weighted by Gasteiger charge is -1.98. The van der Waals surface area contributed by atoms with Gasteiger partial charge in [-0.1, -0.05) is 23.5 Å². The van der Waals surface area contributed by atoms with Gasteiger partial charge < -0.3 is 0 Å². The molecule has 0 spiro atoms. The third kappa shape index (κ3) is 2.20. The maximum absolute atomic E-state index is 12.8. The number of aromatic nitrogens is 2. The van der Waals surface area contributed by atoms with Gasteiger partial charge in [-0.15, -0.1) is 0 Å². The van der Waals surface area contributed by atoms with E-state index >= 15 is 0 Å². The minimum Gasteiger partial charge on any atom is -0.267 e. The van der Waals surface area contributed by atoms with Crippen molar-refractivity contribution in [3.05, 3.63) is 73.5 Å². The van der Waals surface area contributed by atoms with E-state index in [9.17, 15) is 4.79 Å². The van der Waals surface area contributed by atoms with E-state index in [1.54, 1.807) is 16.5 Å². The predicted molar refractivity (Wildman–Crippen MR) is 96.3 cm³/mol. The summed E-state index contributed by atoms with van der Waals surface area (Å²) in [6.07, 6.45) is 1.84. The van der Waals surface area contributed by atoms with Crippen LogP contribution in [0.4, 0.5) is 0 Å². The Labute approximate surface area is 141 Å². The number of thiazole rings is 1. The smallest absolute Gasteiger partial charge is 0.267 e. The normalized spacial score (nSPS) is 12.1. The van der Waals surface area contributed by atoms with Gasteiger partial charge in [0.05, 0.1) is 27.2 Å². The second kappa shape index (κ2) is 5.29. The third-order valence-electron chi connectivity index (χ3n) is 4.19. The van der Waals surface area contributed by atoms with Crippen LogP contribution in [-0.4, -0.2) is 9.38 Å². The Morgan fingerprint density at radius 2 is 1.88 bits per heavy atom. The number of hydrogen-bond acceptors (Lipinski definition) is 4. The summed E-state index contributed by atoms with van der Waals surface area (Å²) in [7, 11) is 0. The first-order valence-corrected chi connectivity index (χ1v) is 8.32. The molecule has 5 heteroatoms. The molecule has 0 saturated heterocycles. The largest absolute Gasteiger partial charge is 0.274 e. The number of rotatable bonds is 1. The molecule has 0 fully saturated rings. The molecule has 4 nitrogen and oxygen atoms in total. The fourth-order valence-electron chi connectivity index (χ4n) is 2.72. The topological polar surface area (TPSA) is 58.2 Å². The van der Waals surface area contributed by atoms with Gasteiger partial charge in [0.1, 0.15) is 0 Å². The fourth-order valence-corrected chi connectivity index (χ4v) is 3.71. The predicted octanol–water partition coefficient (Wildman–Crippen LogP) is 2.95. The highest BCUT2D eigenvalue weighted by Crippen LogP contribution is 2.20. The number of benzene rings is 2. The van der Waals surface area contributed by atoms with Crippen molar-refractivity contribution in [3.8, 4) is 6.07 Å². The quantitative estimate of drug-likeness (QED) is 0.539. The van der Waals surface area contributed by atoms with Gasteiger partial charge in [-0.25, -0.2) is 9.38 Å². The van der Waals surface area contributed by atoms with Crippen LogP contribution in [0.25, 0.3) is 22.1 Å². The molecule has 0 bridgehead atoms. The number of nitrogens with zero attached hydrogens (tertiary/aromatic N) is 3. The summed E-state index contributed by atoms with van der Waals surface area (Å²) in [5.74, 6) is 0. The zero-order valence-corrected chi connectivity index (χ0v) is 14.0. The number of nitriles is 1. The Hall–Kier alpha value is -2.97. The Bertz CT molecular complexity index is 1240. The standard InChI is InChI=1S/C19H13N3OS/c1-11-7-15-16(8-12(11)2)22-18(23)17(24-19(22)21-15)9-13-3-5-14(10-20)6-4-13/h3-9H,1-2H3/b17-9+. The number of hydrogen-bond donors (Lipinski definition) is 0. The van der Waals surface area contributed by atoms with Gasteiger partial charge in [-0.2, -0.15) is 5.26 Å². The lowest BCUT2D eigenvalue weighted by Crippen LogP contribution is -2.22. The average molecular weight is 331 g/mol. The first-order chi connectivity index (χ1) is 11.6. The van der Waals surface area contributed by atoms with Crippen LogP contribution in [0.2, 0.25) is 0 Å². The lowest BCUT2D eigenvalue weighted by molar-refractivity contribution is 1.18. The highest BCUT2D eigenvalue weighted by Gasteiger charge is 2.12. The van der Waals surface area contributed by atoms with Crippen LogP contribution >= 0.6 is 11.3 Å². The first kappa shape index (κ1) is 14.6. The van der Waals surface area contributed by atoms with E-state index in [4.69, 9.17) is 5.26 Å². The van der Waals surface area contributed by atoms with Gasteiger partial charge in [-0.05, 0) is 60.9 Å². The molecule has 0 radical (unpaired) electrons. The maximum atomic E-state index is 12.8. The van der Waals surface area contributed by atoms with Crippen molar-refractivity contribution in [1.29, 1.82) is 5.26 Å². The summed E-state index contributed by atoms with van der Waals surface area (Å²) in [5.41, 5.74) is 5.47. The number of imidazole rings is 1. The molecule has 2 aromatic heterocycles. The van der Waals surface area contributed by atoms with Gasteiger partial charge in [0.25, 0.3) is 5.56 Å². The molecule has 0 aliphatic rings. The summed E-state index contributed by atoms with van der Waals surface area (Å²) in [4.78, 5) is 18.1. The van der Waals surface area contributed by atoms with Crippen molar-refractivity contribution in [3.63, 3.8) is 0 Å². The van der Waals surface area contributed by atoms with Crippen LogP contribution in [0.5, 0.6) is 0 Å². The minimum absolute atomic E-state index is 0.0508. The molecule has 116 valence electrons. The minimum atomic E-state index is -0.0508. The van der Waals surface area contributed by atoms with E-state index < -0.39 is 0 Å². The first-order valence-electron chi connectivity index (χ1n) is 7.51. The molecule has 2 heterocycles. The fraction of sp³-hybridized carbons (Fsp3) is 0.105. The summed E-state index contributed by atoms with van der Waals surface area (Å²) in [6.45, 7) is 4.08. The van der Waals surface area contributed by atoms with Gasteiger partial charge >= 0.3 is 0 Å². The lowest BCUT2D eigenvalue weighted by atomic mass is 10.1. The molecule has 0 amide bonds. The molecular weight excluding hydrogens is 318 g/mol. The molecule has 0 aliphatic heterocycles. The van der Waals surface area contributed by atoms with Gasteiger partial charge in [-0.3, -0.25) is 4.79 Å². The summed E-state index contributed by atoms with van der Waals surface area (Å²) in [5, 5.41) is 8.85. The molecule has 4 aromatic rings. The number of aryl methyl sites for hydroxylation is 2. The maximum Gasteiger partial charge on any atom is 0.274 e. The highest BCUT2D eigenvalue weighted by molar-refractivity contribution is 7.15. The molecule has 0 atom stereocenters. The van der Waals surface area contributed by atoms with E-state index in [1.807, 2.05) is 44.2 Å². The van der Waals surface area contributed by atoms with Crippen LogP contribution < -0.4 is 10.1 Å². The van der Waals surface area contributed by atoms with Crippen molar-refractivity contribution in [2.45, 2.75) is 13.8 Å². The Morgan fingerprint density at radius 3 is 2.58 bits per heavy atom. The van der Waals surface area contributed by atoms with E-state index in [1.165, 1.54) is 16.9 Å². The van der Waals surface area contributed by atoms with E-state index in [-0.39, 0.29) is 5.56 Å². The Balaban J connectivity index is 1.96. The van der Waals surface area contributed by atoms with Crippen LogP contribution in [0.1, 0.15) is 22.3 Å². The monoisotopic (exact) mass is 331 g/mol. The molecule has 0 unspecified atom stereocenters. The molecule has 0 saturated carbocycles. The van der Waals surface area contributed by atoms with E-state index in [0.29, 0.717) is 15.1 Å². The second-order valence-electron chi connectivity index (χ2n) is 5.80. The zero-order chi connectivity index (χ0) is 16.8. The molecular formula is C19H13N3OS. The third-order valence-corrected chi connectivity index (χ3v) is 5.16. The van der Waals surface area contributed by atoms with E-state index in [2.05, 4.69) is 11.1 Å². The van der Waals surface area contributed by atoms with Crippen molar-refractivity contribution in [2.24, 2.45) is 0 Å². The van der Waals surface area contributed by atoms with Crippen LogP contribution in [0, 0.1) is 25.2 Å². The average Bonchev–Trinajstić information content (AvgIpc) is 3.06.